The maximum absolute atomic E-state index is 5.12. The first kappa shape index (κ1) is 61.1. The van der Waals surface area contributed by atoms with Crippen LogP contribution in [0.15, 0.2) is 64.3 Å². The van der Waals surface area contributed by atoms with Crippen LogP contribution in [0.3, 0.4) is 0 Å². The highest BCUT2D eigenvalue weighted by molar-refractivity contribution is 9.11. The molecule has 60 heavy (non-hydrogen) atoms. The minimum atomic E-state index is -1.32. The lowest BCUT2D eigenvalue weighted by Crippen LogP contribution is -3.00. The van der Waals surface area contributed by atoms with E-state index in [2.05, 4.69) is 174 Å². The van der Waals surface area contributed by atoms with Gasteiger partial charge in [-0.3, -0.25) is 15.0 Å². The van der Waals surface area contributed by atoms with Gasteiger partial charge in [0.05, 0.1) is 26.2 Å². The molecule has 0 unspecified atom stereocenters. The van der Waals surface area contributed by atoms with Crippen molar-refractivity contribution in [3.63, 3.8) is 0 Å². The second-order valence-corrected chi connectivity index (χ2v) is 33.7. The Bertz CT molecular complexity index is 1740. The SMILES string of the molecule is Brc1cncc(Br)c1.C#C[Si](C)(C)C.C#Cc1cncc(C#C)c1.CCCC[N+](CCCC)(CCCC)CCCC.C[Si](C)(C)C#Cc1cncc(C#C[Si](C)(C)C)c1.[F-]. The minimum Gasteiger partial charge on any atom is -1.00 e. The molecule has 0 saturated carbocycles. The van der Waals surface area contributed by atoms with Gasteiger partial charge >= 0.3 is 0 Å². The van der Waals surface area contributed by atoms with Gasteiger partial charge in [0.2, 0.25) is 0 Å². The van der Waals surface area contributed by atoms with Crippen molar-refractivity contribution in [3.8, 4) is 59.6 Å². The Labute approximate surface area is 388 Å². The van der Waals surface area contributed by atoms with Gasteiger partial charge in [-0.1, -0.05) is 136 Å². The average molecular weight is 995 g/mol. The Morgan fingerprint density at radius 1 is 0.483 bits per heavy atom. The summed E-state index contributed by atoms with van der Waals surface area (Å²) in [5.74, 6) is 11.3. The maximum atomic E-state index is 5.12. The Morgan fingerprint density at radius 3 is 1.00 bits per heavy atom. The van der Waals surface area contributed by atoms with Crippen LogP contribution in [0.25, 0.3) is 0 Å². The zero-order valence-corrected chi connectivity index (χ0v) is 45.5. The molecule has 0 aliphatic carbocycles. The van der Waals surface area contributed by atoms with E-state index in [0.717, 1.165) is 31.2 Å². The molecule has 0 saturated heterocycles. The van der Waals surface area contributed by atoms with Crippen LogP contribution in [0, 0.1) is 59.6 Å². The van der Waals surface area contributed by atoms with Crippen molar-refractivity contribution in [2.45, 2.75) is 138 Å². The monoisotopic (exact) mass is 992 g/mol. The summed E-state index contributed by atoms with van der Waals surface area (Å²) in [7, 11) is -3.75. The third-order valence-electron chi connectivity index (χ3n) is 8.02. The molecule has 0 radical (unpaired) electrons. The molecule has 0 bridgehead atoms. The average Bonchev–Trinajstić information content (AvgIpc) is 3.19. The molecule has 0 fully saturated rings. The summed E-state index contributed by atoms with van der Waals surface area (Å²) >= 11 is 6.54. The number of rotatable bonds is 12. The molecular formula is C50H75Br2FN4Si3. The van der Waals surface area contributed by atoms with E-state index in [1.807, 2.05) is 24.5 Å². The molecule has 0 spiro atoms. The van der Waals surface area contributed by atoms with Crippen molar-refractivity contribution in [2.75, 3.05) is 26.2 Å². The fraction of sp³-hybridized carbons (Fsp3) is 0.500. The van der Waals surface area contributed by atoms with Crippen molar-refractivity contribution in [3.05, 3.63) is 86.6 Å². The highest BCUT2D eigenvalue weighted by Crippen LogP contribution is 2.17. The number of nitrogens with zero attached hydrogens (tertiary/aromatic N) is 4. The normalized spacial score (nSPS) is 10.3. The second kappa shape index (κ2) is 34.4. The Balaban J connectivity index is -0.000000711. The summed E-state index contributed by atoms with van der Waals surface area (Å²) in [6.45, 7) is 34.9. The van der Waals surface area contributed by atoms with Gasteiger partial charge in [0.25, 0.3) is 0 Å². The molecule has 3 rings (SSSR count). The van der Waals surface area contributed by atoms with Crippen LogP contribution in [-0.4, -0.2) is 69.8 Å². The van der Waals surface area contributed by atoms with Crippen LogP contribution in [-0.2, 0) is 0 Å². The molecular weight excluding hydrogens is 920 g/mol. The van der Waals surface area contributed by atoms with Crippen LogP contribution < -0.4 is 4.70 Å². The fourth-order valence-electron chi connectivity index (χ4n) is 4.72. The summed E-state index contributed by atoms with van der Waals surface area (Å²) < 4.78 is 3.40. The zero-order valence-electron chi connectivity index (χ0n) is 39.3. The lowest BCUT2D eigenvalue weighted by atomic mass is 10.1. The van der Waals surface area contributed by atoms with Gasteiger partial charge in [-0.25, -0.2) is 0 Å². The topological polar surface area (TPSA) is 38.7 Å². The molecule has 328 valence electrons. The Kier molecular flexibility index (Phi) is 35.0. The lowest BCUT2D eigenvalue weighted by molar-refractivity contribution is -0.929. The first-order chi connectivity index (χ1) is 27.6. The number of unbranched alkanes of at least 4 members (excludes halogenated alkanes) is 4. The Hall–Kier alpha value is -3.25. The minimum absolute atomic E-state index is 0. The highest BCUT2D eigenvalue weighted by atomic mass is 79.9. The molecule has 0 N–H and O–H groups in total. The number of hydrogen-bond donors (Lipinski definition) is 0. The second-order valence-electron chi connectivity index (χ2n) is 17.6. The van der Waals surface area contributed by atoms with Gasteiger partial charge in [-0.2, -0.15) is 0 Å². The van der Waals surface area contributed by atoms with E-state index >= 15 is 0 Å². The van der Waals surface area contributed by atoms with Gasteiger partial charge in [0.15, 0.2) is 0 Å². The molecule has 0 aliphatic heterocycles. The van der Waals surface area contributed by atoms with Crippen LogP contribution >= 0.6 is 31.9 Å². The number of halogens is 3. The van der Waals surface area contributed by atoms with Gasteiger partial charge in [0.1, 0.15) is 24.2 Å². The maximum Gasteiger partial charge on any atom is 0.129 e. The molecule has 3 aromatic rings. The lowest BCUT2D eigenvalue weighted by Gasteiger charge is -2.39. The molecule has 10 heteroatoms. The predicted octanol–water partition coefficient (Wildman–Crippen LogP) is 10.7. The first-order valence-corrected chi connectivity index (χ1v) is 33.2. The predicted molar refractivity (Wildman–Crippen MR) is 276 cm³/mol. The van der Waals surface area contributed by atoms with Crippen molar-refractivity contribution in [2.24, 2.45) is 0 Å². The Morgan fingerprint density at radius 2 is 0.767 bits per heavy atom. The third-order valence-corrected chi connectivity index (χ3v) is 11.5. The number of hydrogen-bond acceptors (Lipinski definition) is 3. The van der Waals surface area contributed by atoms with Crippen LogP contribution in [0.2, 0.25) is 58.9 Å². The van der Waals surface area contributed by atoms with Crippen molar-refractivity contribution in [1.29, 1.82) is 0 Å². The standard InChI is InChI=1S/C16H36N.C15H21NSi2.C9H5N.C5H3Br2N.C5H10Si.FH/c1-5-9-13-17(14-10-6-2,15-11-7-3)16-12-8-4;1-17(2,3)9-7-14-11-15(13-16-12-14)8-10-18(4,5)6;1-3-8-5-9(4-2)7-10-6-8;6-4-1-5(7)3-8-2-4;1-5-6(2,3)4;/h5-16H2,1-4H3;11-13H,1-6H3;1-2,5-7H;1-3H;1H,2-4H3;1H/q+1;;;;;/p-1. The summed E-state index contributed by atoms with van der Waals surface area (Å²) in [5, 5.41) is 0. The summed E-state index contributed by atoms with van der Waals surface area (Å²) in [4.78, 5) is 11.9. The molecule has 0 amide bonds. The number of aromatic nitrogens is 3. The van der Waals surface area contributed by atoms with Gasteiger partial charge in [-0.05, 0) is 75.7 Å². The van der Waals surface area contributed by atoms with E-state index in [1.54, 1.807) is 30.9 Å². The van der Waals surface area contributed by atoms with Crippen molar-refractivity contribution in [1.82, 2.24) is 15.0 Å². The molecule has 4 nitrogen and oxygen atoms in total. The molecule has 0 aromatic carbocycles. The van der Waals surface area contributed by atoms with Crippen molar-refractivity contribution >= 4 is 56.1 Å². The van der Waals surface area contributed by atoms with E-state index in [9.17, 15) is 0 Å². The van der Waals surface area contributed by atoms with Crippen LogP contribution in [0.5, 0.6) is 0 Å². The summed E-state index contributed by atoms with van der Waals surface area (Å²) in [6.07, 6.45) is 36.7. The molecule has 3 heterocycles. The zero-order chi connectivity index (χ0) is 45.4. The van der Waals surface area contributed by atoms with Crippen LogP contribution in [0.1, 0.15) is 101 Å². The highest BCUT2D eigenvalue weighted by Gasteiger charge is 2.24. The summed E-state index contributed by atoms with van der Waals surface area (Å²) in [6, 6.07) is 5.72. The van der Waals surface area contributed by atoms with Crippen LogP contribution in [0.4, 0.5) is 0 Å². The van der Waals surface area contributed by atoms with Gasteiger partial charge in [0, 0.05) is 68.4 Å². The fourth-order valence-corrected chi connectivity index (χ4v) is 6.80. The number of terminal acetylenes is 3. The third kappa shape index (κ3) is 36.6. The molecule has 0 atom stereocenters. The molecule has 3 aromatic heterocycles. The van der Waals surface area contributed by atoms with E-state index in [1.165, 1.54) is 82.0 Å². The molecule has 0 aliphatic rings. The van der Waals surface area contributed by atoms with E-state index in [0.29, 0.717) is 0 Å². The summed E-state index contributed by atoms with van der Waals surface area (Å²) in [5.41, 5.74) is 12.8. The van der Waals surface area contributed by atoms with E-state index in [4.69, 9.17) is 19.3 Å². The number of pyridine rings is 3. The first-order valence-electron chi connectivity index (χ1n) is 21.1. The van der Waals surface area contributed by atoms with E-state index in [-0.39, 0.29) is 4.70 Å². The quantitative estimate of drug-likeness (QED) is 0.103. The number of quaternary nitrogens is 1. The van der Waals surface area contributed by atoms with Gasteiger partial charge in [-0.15, -0.1) is 35.9 Å². The van der Waals surface area contributed by atoms with Gasteiger partial charge < -0.3 is 9.19 Å². The van der Waals surface area contributed by atoms with Crippen molar-refractivity contribution < 1.29 is 9.19 Å². The smallest absolute Gasteiger partial charge is 0.129 e. The largest absolute Gasteiger partial charge is 1.00 e. The van der Waals surface area contributed by atoms with E-state index < -0.39 is 24.2 Å².